The predicted octanol–water partition coefficient (Wildman–Crippen LogP) is 4.16. The molecule has 102 valence electrons. The summed E-state index contributed by atoms with van der Waals surface area (Å²) in [5.41, 5.74) is 2.33. The highest BCUT2D eigenvalue weighted by atomic mass is 32.1. The van der Waals surface area contributed by atoms with E-state index >= 15 is 0 Å². The Morgan fingerprint density at radius 3 is 2.53 bits per heavy atom. The highest BCUT2D eigenvalue weighted by molar-refractivity contribution is 7.07. The Morgan fingerprint density at radius 1 is 1.05 bits per heavy atom. The molecule has 3 nitrogen and oxygen atoms in total. The molecule has 0 fully saturated rings. The molecule has 19 heavy (non-hydrogen) atoms. The van der Waals surface area contributed by atoms with E-state index in [1.807, 2.05) is 32.0 Å². The molecule has 0 atom stereocenters. The number of anilines is 1. The van der Waals surface area contributed by atoms with Crippen LogP contribution in [0.5, 0.6) is 11.5 Å². The molecule has 0 bridgehead atoms. The maximum absolute atomic E-state index is 5.60. The number of ether oxygens (including phenoxy) is 2. The summed E-state index contributed by atoms with van der Waals surface area (Å²) in [4.78, 5) is 0. The second kappa shape index (κ2) is 7.04. The Bertz CT molecular complexity index is 497. The normalized spacial score (nSPS) is 10.2. The molecule has 2 aromatic rings. The van der Waals surface area contributed by atoms with Crippen molar-refractivity contribution in [2.45, 2.75) is 20.4 Å². The Morgan fingerprint density at radius 2 is 1.84 bits per heavy atom. The third-order valence-electron chi connectivity index (χ3n) is 2.62. The lowest BCUT2D eigenvalue weighted by atomic mass is 10.2. The number of nitrogens with one attached hydrogen (secondary N) is 1. The molecule has 0 amide bonds. The molecule has 0 unspecified atom stereocenters. The maximum Gasteiger partial charge on any atom is 0.163 e. The maximum atomic E-state index is 5.60. The Kier molecular flexibility index (Phi) is 5.10. The summed E-state index contributed by atoms with van der Waals surface area (Å²) in [6.45, 7) is 6.04. The molecule has 0 radical (unpaired) electrons. The molecule has 0 aliphatic rings. The van der Waals surface area contributed by atoms with E-state index in [0.717, 1.165) is 23.7 Å². The molecule has 1 aromatic carbocycles. The van der Waals surface area contributed by atoms with Gasteiger partial charge in [-0.25, -0.2) is 0 Å². The van der Waals surface area contributed by atoms with Gasteiger partial charge in [-0.15, -0.1) is 0 Å². The quantitative estimate of drug-likeness (QED) is 0.824. The van der Waals surface area contributed by atoms with Crippen molar-refractivity contribution < 1.29 is 9.47 Å². The second-order valence-corrected chi connectivity index (χ2v) is 4.79. The van der Waals surface area contributed by atoms with Crippen molar-refractivity contribution in [1.82, 2.24) is 0 Å². The second-order valence-electron chi connectivity index (χ2n) is 4.01. The van der Waals surface area contributed by atoms with Gasteiger partial charge in [0.25, 0.3) is 0 Å². The van der Waals surface area contributed by atoms with Crippen LogP contribution in [0.3, 0.4) is 0 Å². The van der Waals surface area contributed by atoms with E-state index in [4.69, 9.17) is 9.47 Å². The molecule has 0 saturated heterocycles. The van der Waals surface area contributed by atoms with E-state index in [0.29, 0.717) is 13.2 Å². The topological polar surface area (TPSA) is 30.5 Å². The van der Waals surface area contributed by atoms with Crippen molar-refractivity contribution in [3.63, 3.8) is 0 Å². The van der Waals surface area contributed by atoms with Gasteiger partial charge >= 0.3 is 0 Å². The van der Waals surface area contributed by atoms with Crippen LogP contribution in [-0.2, 0) is 6.54 Å². The largest absolute Gasteiger partial charge is 0.490 e. The minimum Gasteiger partial charge on any atom is -0.490 e. The smallest absolute Gasteiger partial charge is 0.163 e. The van der Waals surface area contributed by atoms with Gasteiger partial charge in [0.2, 0.25) is 0 Å². The van der Waals surface area contributed by atoms with Gasteiger partial charge in [-0.2, -0.15) is 11.3 Å². The highest BCUT2D eigenvalue weighted by Gasteiger charge is 2.06. The number of hydrogen-bond donors (Lipinski definition) is 1. The third kappa shape index (κ3) is 3.89. The van der Waals surface area contributed by atoms with Crippen molar-refractivity contribution >= 4 is 17.0 Å². The van der Waals surface area contributed by atoms with Crippen LogP contribution >= 0.6 is 11.3 Å². The summed E-state index contributed by atoms with van der Waals surface area (Å²) in [5.74, 6) is 1.59. The Hall–Kier alpha value is -1.68. The van der Waals surface area contributed by atoms with Gasteiger partial charge in [-0.3, -0.25) is 0 Å². The van der Waals surface area contributed by atoms with E-state index in [1.54, 1.807) is 11.3 Å². The molecule has 4 heteroatoms. The lowest BCUT2D eigenvalue weighted by Gasteiger charge is -2.13. The van der Waals surface area contributed by atoms with E-state index in [-0.39, 0.29) is 0 Å². The summed E-state index contributed by atoms with van der Waals surface area (Å²) < 4.78 is 11.1. The Balaban J connectivity index is 2.06. The summed E-state index contributed by atoms with van der Waals surface area (Å²) >= 11 is 1.71. The standard InChI is InChI=1S/C15H19NO2S/c1-3-17-14-6-5-13(9-15(14)18-4-2)16-10-12-7-8-19-11-12/h5-9,11,16H,3-4,10H2,1-2H3. The van der Waals surface area contributed by atoms with E-state index in [9.17, 15) is 0 Å². The number of hydrogen-bond acceptors (Lipinski definition) is 4. The van der Waals surface area contributed by atoms with Crippen LogP contribution in [0.2, 0.25) is 0 Å². The molecular weight excluding hydrogens is 258 g/mol. The van der Waals surface area contributed by atoms with Crippen LogP contribution in [0.25, 0.3) is 0 Å². The van der Waals surface area contributed by atoms with E-state index < -0.39 is 0 Å². The fourth-order valence-electron chi connectivity index (χ4n) is 1.76. The minimum atomic E-state index is 0.633. The fraction of sp³-hybridized carbons (Fsp3) is 0.333. The van der Waals surface area contributed by atoms with Gasteiger partial charge in [0.15, 0.2) is 11.5 Å². The van der Waals surface area contributed by atoms with Crippen molar-refractivity contribution in [2.24, 2.45) is 0 Å². The van der Waals surface area contributed by atoms with Crippen LogP contribution in [0.1, 0.15) is 19.4 Å². The molecule has 1 N–H and O–H groups in total. The monoisotopic (exact) mass is 277 g/mol. The minimum absolute atomic E-state index is 0.633. The fourth-order valence-corrected chi connectivity index (χ4v) is 2.43. The first-order valence-electron chi connectivity index (χ1n) is 6.48. The zero-order chi connectivity index (χ0) is 13.5. The lowest BCUT2D eigenvalue weighted by Crippen LogP contribution is -2.01. The van der Waals surface area contributed by atoms with Crippen LogP contribution in [0.15, 0.2) is 35.0 Å². The molecule has 0 saturated carbocycles. The first-order valence-corrected chi connectivity index (χ1v) is 7.42. The predicted molar refractivity (Wildman–Crippen MR) is 80.4 cm³/mol. The van der Waals surface area contributed by atoms with Crippen molar-refractivity contribution in [1.29, 1.82) is 0 Å². The summed E-state index contributed by atoms with van der Waals surface area (Å²) in [6, 6.07) is 8.07. The number of rotatable bonds is 7. The van der Waals surface area contributed by atoms with Crippen LogP contribution in [-0.4, -0.2) is 13.2 Å². The number of thiophene rings is 1. The van der Waals surface area contributed by atoms with Crippen LogP contribution in [0, 0.1) is 0 Å². The zero-order valence-corrected chi connectivity index (χ0v) is 12.1. The van der Waals surface area contributed by atoms with Crippen molar-refractivity contribution in [3.05, 3.63) is 40.6 Å². The molecule has 0 aliphatic heterocycles. The van der Waals surface area contributed by atoms with Gasteiger partial charge in [0.1, 0.15) is 0 Å². The Labute approximate surface area is 118 Å². The summed E-state index contributed by atoms with van der Waals surface area (Å²) in [7, 11) is 0. The summed E-state index contributed by atoms with van der Waals surface area (Å²) in [6.07, 6.45) is 0. The molecular formula is C15H19NO2S. The van der Waals surface area contributed by atoms with Gasteiger partial charge in [-0.1, -0.05) is 0 Å². The molecule has 2 rings (SSSR count). The van der Waals surface area contributed by atoms with Gasteiger partial charge in [0.05, 0.1) is 13.2 Å². The SMILES string of the molecule is CCOc1ccc(NCc2ccsc2)cc1OCC. The summed E-state index contributed by atoms with van der Waals surface area (Å²) in [5, 5.41) is 7.61. The first kappa shape index (κ1) is 13.7. The highest BCUT2D eigenvalue weighted by Crippen LogP contribution is 2.30. The van der Waals surface area contributed by atoms with E-state index in [2.05, 4.69) is 22.1 Å². The van der Waals surface area contributed by atoms with Crippen LogP contribution in [0.4, 0.5) is 5.69 Å². The van der Waals surface area contributed by atoms with Crippen molar-refractivity contribution in [3.8, 4) is 11.5 Å². The average Bonchev–Trinajstić information content (AvgIpc) is 2.93. The lowest BCUT2D eigenvalue weighted by molar-refractivity contribution is 0.288. The van der Waals surface area contributed by atoms with Gasteiger partial charge < -0.3 is 14.8 Å². The van der Waals surface area contributed by atoms with E-state index in [1.165, 1.54) is 5.56 Å². The van der Waals surface area contributed by atoms with Gasteiger partial charge in [0, 0.05) is 18.3 Å². The molecule has 1 heterocycles. The van der Waals surface area contributed by atoms with Crippen LogP contribution < -0.4 is 14.8 Å². The van der Waals surface area contributed by atoms with Crippen molar-refractivity contribution in [2.75, 3.05) is 18.5 Å². The first-order chi connectivity index (χ1) is 9.33. The molecule has 1 aromatic heterocycles. The average molecular weight is 277 g/mol. The molecule has 0 aliphatic carbocycles. The number of benzene rings is 1. The van der Waals surface area contributed by atoms with Gasteiger partial charge in [-0.05, 0) is 48.4 Å². The molecule has 0 spiro atoms. The zero-order valence-electron chi connectivity index (χ0n) is 11.3. The third-order valence-corrected chi connectivity index (χ3v) is 3.35.